The molecule has 2 rings (SSSR count). The predicted octanol–water partition coefficient (Wildman–Crippen LogP) is 3.08. The second kappa shape index (κ2) is 3.19. The second-order valence-corrected chi connectivity index (χ2v) is 3.92. The molecule has 0 bridgehead atoms. The zero-order valence-corrected chi connectivity index (χ0v) is 8.60. The van der Waals surface area contributed by atoms with Gasteiger partial charge in [0.1, 0.15) is 0 Å². The van der Waals surface area contributed by atoms with Crippen LogP contribution in [0.5, 0.6) is 0 Å². The second-order valence-electron chi connectivity index (χ2n) is 3.07. The number of rotatable bonds is 0. The Bertz CT molecular complexity index is 296. The van der Waals surface area contributed by atoms with Crippen LogP contribution in [-0.2, 0) is 11.2 Å². The van der Waals surface area contributed by atoms with Gasteiger partial charge in [-0.1, -0.05) is 28.1 Å². The molecule has 0 saturated heterocycles. The summed E-state index contributed by atoms with van der Waals surface area (Å²) in [5.41, 5.74) is 2.74. The minimum absolute atomic E-state index is 0.256. The average molecular weight is 227 g/mol. The average Bonchev–Trinajstić information content (AvgIpc) is 2.07. The molecule has 12 heavy (non-hydrogen) atoms. The van der Waals surface area contributed by atoms with E-state index in [-0.39, 0.29) is 6.10 Å². The standard InChI is InChI=1S/C10H11BrO/c1-7-8-3-2-4-10(11)9(8)5-6-12-7/h2-4,7H,5-6H2,1H3. The van der Waals surface area contributed by atoms with E-state index in [0.717, 1.165) is 13.0 Å². The highest BCUT2D eigenvalue weighted by Gasteiger charge is 2.17. The molecule has 0 spiro atoms. The summed E-state index contributed by atoms with van der Waals surface area (Å²) in [6.45, 7) is 2.95. The van der Waals surface area contributed by atoms with Gasteiger partial charge in [-0.3, -0.25) is 0 Å². The maximum absolute atomic E-state index is 5.54. The van der Waals surface area contributed by atoms with Crippen molar-refractivity contribution in [3.05, 3.63) is 33.8 Å². The van der Waals surface area contributed by atoms with E-state index in [1.54, 1.807) is 0 Å². The summed E-state index contributed by atoms with van der Waals surface area (Å²) in [5.74, 6) is 0. The lowest BCUT2D eigenvalue weighted by Gasteiger charge is -2.23. The highest BCUT2D eigenvalue weighted by atomic mass is 79.9. The van der Waals surface area contributed by atoms with E-state index in [1.165, 1.54) is 15.6 Å². The molecule has 0 aromatic heterocycles. The fraction of sp³-hybridized carbons (Fsp3) is 0.400. The van der Waals surface area contributed by atoms with Gasteiger partial charge in [-0.2, -0.15) is 0 Å². The van der Waals surface area contributed by atoms with Crippen molar-refractivity contribution in [2.24, 2.45) is 0 Å². The molecular formula is C10H11BrO. The molecule has 0 radical (unpaired) electrons. The van der Waals surface area contributed by atoms with E-state index in [2.05, 4.69) is 41.1 Å². The molecule has 1 aromatic carbocycles. The molecule has 2 heteroatoms. The molecule has 1 heterocycles. The number of fused-ring (bicyclic) bond motifs is 1. The zero-order valence-electron chi connectivity index (χ0n) is 7.01. The van der Waals surface area contributed by atoms with Gasteiger partial charge in [0.25, 0.3) is 0 Å². The van der Waals surface area contributed by atoms with Crippen molar-refractivity contribution in [3.8, 4) is 0 Å². The Balaban J connectivity index is 2.52. The summed E-state index contributed by atoms with van der Waals surface area (Å²) >= 11 is 3.55. The van der Waals surface area contributed by atoms with E-state index in [9.17, 15) is 0 Å². The van der Waals surface area contributed by atoms with Crippen LogP contribution in [0.25, 0.3) is 0 Å². The quantitative estimate of drug-likeness (QED) is 0.661. The molecule has 0 saturated carbocycles. The third kappa shape index (κ3) is 1.29. The molecule has 1 aromatic rings. The largest absolute Gasteiger partial charge is 0.373 e. The van der Waals surface area contributed by atoms with Gasteiger partial charge in [-0.05, 0) is 30.5 Å². The summed E-state index contributed by atoms with van der Waals surface area (Å²) in [4.78, 5) is 0. The van der Waals surface area contributed by atoms with Gasteiger partial charge >= 0.3 is 0 Å². The molecule has 0 fully saturated rings. The molecule has 1 aliphatic heterocycles. The predicted molar refractivity (Wildman–Crippen MR) is 52.2 cm³/mol. The van der Waals surface area contributed by atoms with E-state index in [1.807, 2.05) is 0 Å². The van der Waals surface area contributed by atoms with Crippen LogP contribution in [0, 0.1) is 0 Å². The molecule has 1 aliphatic rings. The Hall–Kier alpha value is -0.340. The lowest BCUT2D eigenvalue weighted by molar-refractivity contribution is 0.0553. The maximum Gasteiger partial charge on any atom is 0.0800 e. The third-order valence-electron chi connectivity index (χ3n) is 2.31. The lowest BCUT2D eigenvalue weighted by atomic mass is 9.99. The SMILES string of the molecule is CC1OCCc2c(Br)cccc21. The fourth-order valence-corrected chi connectivity index (χ4v) is 2.23. The van der Waals surface area contributed by atoms with Crippen LogP contribution in [0.15, 0.2) is 22.7 Å². The van der Waals surface area contributed by atoms with Gasteiger partial charge in [-0.15, -0.1) is 0 Å². The highest BCUT2D eigenvalue weighted by molar-refractivity contribution is 9.10. The lowest BCUT2D eigenvalue weighted by Crippen LogP contribution is -2.14. The molecule has 0 N–H and O–H groups in total. The van der Waals surface area contributed by atoms with Crippen LogP contribution in [0.3, 0.4) is 0 Å². The van der Waals surface area contributed by atoms with Crippen molar-refractivity contribution in [1.29, 1.82) is 0 Å². The Kier molecular flexibility index (Phi) is 2.20. The first-order valence-corrected chi connectivity index (χ1v) is 4.97. The molecule has 1 atom stereocenters. The van der Waals surface area contributed by atoms with E-state index in [4.69, 9.17) is 4.74 Å². The van der Waals surface area contributed by atoms with Crippen LogP contribution < -0.4 is 0 Å². The number of halogens is 1. The van der Waals surface area contributed by atoms with Gasteiger partial charge < -0.3 is 4.74 Å². The Morgan fingerprint density at radius 1 is 1.50 bits per heavy atom. The third-order valence-corrected chi connectivity index (χ3v) is 3.06. The van der Waals surface area contributed by atoms with Crippen molar-refractivity contribution >= 4 is 15.9 Å². The smallest absolute Gasteiger partial charge is 0.0800 e. The Morgan fingerprint density at radius 2 is 2.33 bits per heavy atom. The monoisotopic (exact) mass is 226 g/mol. The number of hydrogen-bond donors (Lipinski definition) is 0. The van der Waals surface area contributed by atoms with Crippen LogP contribution in [-0.4, -0.2) is 6.61 Å². The molecule has 1 nitrogen and oxygen atoms in total. The fourth-order valence-electron chi connectivity index (χ4n) is 1.65. The van der Waals surface area contributed by atoms with E-state index in [0.29, 0.717) is 0 Å². The Morgan fingerprint density at radius 3 is 3.08 bits per heavy atom. The molecule has 64 valence electrons. The maximum atomic E-state index is 5.54. The summed E-state index contributed by atoms with van der Waals surface area (Å²) in [6, 6.07) is 6.30. The van der Waals surface area contributed by atoms with Gasteiger partial charge in [-0.25, -0.2) is 0 Å². The number of benzene rings is 1. The first kappa shape index (κ1) is 8.27. The van der Waals surface area contributed by atoms with E-state index < -0.39 is 0 Å². The first-order chi connectivity index (χ1) is 5.79. The van der Waals surface area contributed by atoms with Crippen LogP contribution >= 0.6 is 15.9 Å². The zero-order chi connectivity index (χ0) is 8.55. The Labute approximate surface area is 80.9 Å². The van der Waals surface area contributed by atoms with Crippen molar-refractivity contribution < 1.29 is 4.74 Å². The number of ether oxygens (including phenoxy) is 1. The molecular weight excluding hydrogens is 216 g/mol. The van der Waals surface area contributed by atoms with Gasteiger partial charge in [0.15, 0.2) is 0 Å². The molecule has 0 amide bonds. The van der Waals surface area contributed by atoms with Gasteiger partial charge in [0.2, 0.25) is 0 Å². The minimum Gasteiger partial charge on any atom is -0.373 e. The topological polar surface area (TPSA) is 9.23 Å². The molecule has 0 aliphatic carbocycles. The summed E-state index contributed by atoms with van der Waals surface area (Å²) < 4.78 is 6.76. The van der Waals surface area contributed by atoms with Crippen molar-refractivity contribution in [3.63, 3.8) is 0 Å². The first-order valence-electron chi connectivity index (χ1n) is 4.18. The minimum atomic E-state index is 0.256. The van der Waals surface area contributed by atoms with Crippen molar-refractivity contribution in [2.45, 2.75) is 19.4 Å². The summed E-state index contributed by atoms with van der Waals surface area (Å²) in [7, 11) is 0. The van der Waals surface area contributed by atoms with Gasteiger partial charge in [0, 0.05) is 4.47 Å². The number of hydrogen-bond acceptors (Lipinski definition) is 1. The van der Waals surface area contributed by atoms with Crippen LogP contribution in [0.4, 0.5) is 0 Å². The van der Waals surface area contributed by atoms with Gasteiger partial charge in [0.05, 0.1) is 12.7 Å². The highest BCUT2D eigenvalue weighted by Crippen LogP contribution is 2.31. The molecule has 1 unspecified atom stereocenters. The van der Waals surface area contributed by atoms with Crippen LogP contribution in [0.1, 0.15) is 24.2 Å². The van der Waals surface area contributed by atoms with Crippen LogP contribution in [0.2, 0.25) is 0 Å². The normalized spacial score (nSPS) is 22.0. The van der Waals surface area contributed by atoms with Crippen molar-refractivity contribution in [1.82, 2.24) is 0 Å². The van der Waals surface area contributed by atoms with Crippen molar-refractivity contribution in [2.75, 3.05) is 6.61 Å². The summed E-state index contributed by atoms with van der Waals surface area (Å²) in [6.07, 6.45) is 1.28. The summed E-state index contributed by atoms with van der Waals surface area (Å²) in [5, 5.41) is 0. The van der Waals surface area contributed by atoms with E-state index >= 15 is 0 Å².